The summed E-state index contributed by atoms with van der Waals surface area (Å²) in [6.45, 7) is 0. The van der Waals surface area contributed by atoms with Gasteiger partial charge in [-0.2, -0.15) is 5.10 Å². The summed E-state index contributed by atoms with van der Waals surface area (Å²) in [4.78, 5) is 25.1. The number of carbonyl (C=O) groups is 2. The fraction of sp³-hybridized carbons (Fsp3) is 0. The van der Waals surface area contributed by atoms with Crippen LogP contribution in [0.2, 0.25) is 0 Å². The van der Waals surface area contributed by atoms with Crippen LogP contribution < -0.4 is 22.1 Å². The number of nitrogens with zero attached hydrogens (tertiary/aromatic N) is 3. The summed E-state index contributed by atoms with van der Waals surface area (Å²) in [5.74, 6) is -0.494. The molecule has 2 aromatic carbocycles. The van der Waals surface area contributed by atoms with E-state index in [2.05, 4.69) is 25.4 Å². The van der Waals surface area contributed by atoms with E-state index in [9.17, 15) is 9.59 Å². The van der Waals surface area contributed by atoms with E-state index < -0.39 is 11.8 Å². The number of amides is 2. The van der Waals surface area contributed by atoms with Crippen LogP contribution in [0.25, 0.3) is 5.69 Å². The topological polar surface area (TPSA) is 154 Å². The first-order valence-corrected chi connectivity index (χ1v) is 8.84. The maximum atomic E-state index is 12.7. The van der Waals surface area contributed by atoms with Gasteiger partial charge in [-0.1, -0.05) is 23.4 Å². The van der Waals surface area contributed by atoms with Gasteiger partial charge >= 0.3 is 0 Å². The zero-order valence-electron chi connectivity index (χ0n) is 15.6. The molecular formula is C20H17N7O3. The first-order valence-electron chi connectivity index (χ1n) is 8.84. The number of anilines is 4. The molecule has 0 saturated carbocycles. The lowest BCUT2D eigenvalue weighted by Crippen LogP contribution is -2.17. The number of para-hydroxylation sites is 1. The van der Waals surface area contributed by atoms with Crippen molar-refractivity contribution >= 4 is 34.8 Å². The van der Waals surface area contributed by atoms with Crippen molar-refractivity contribution in [1.82, 2.24) is 14.9 Å². The van der Waals surface area contributed by atoms with Gasteiger partial charge in [0.1, 0.15) is 17.6 Å². The number of rotatable bonds is 5. The van der Waals surface area contributed by atoms with Crippen molar-refractivity contribution < 1.29 is 14.1 Å². The molecule has 2 aromatic heterocycles. The minimum absolute atomic E-state index is 0.177. The van der Waals surface area contributed by atoms with Gasteiger partial charge in [-0.15, -0.1) is 0 Å². The lowest BCUT2D eigenvalue weighted by molar-refractivity contribution is 0.101. The third-order valence-corrected chi connectivity index (χ3v) is 4.29. The van der Waals surface area contributed by atoms with Crippen LogP contribution in [-0.2, 0) is 0 Å². The van der Waals surface area contributed by atoms with Crippen molar-refractivity contribution in [2.24, 2.45) is 0 Å². The average Bonchev–Trinajstić information content (AvgIpc) is 3.39. The molecule has 0 aliphatic heterocycles. The molecule has 150 valence electrons. The number of hydrogen-bond donors (Lipinski definition) is 4. The van der Waals surface area contributed by atoms with Crippen molar-refractivity contribution in [2.45, 2.75) is 0 Å². The predicted molar refractivity (Wildman–Crippen MR) is 111 cm³/mol. The summed E-state index contributed by atoms with van der Waals surface area (Å²) in [6.07, 6.45) is 2.71. The Kier molecular flexibility index (Phi) is 4.87. The Hall–Kier alpha value is -4.60. The zero-order chi connectivity index (χ0) is 21.1. The normalized spacial score (nSPS) is 10.5. The summed E-state index contributed by atoms with van der Waals surface area (Å²) in [7, 11) is 0. The second-order valence-corrected chi connectivity index (χ2v) is 6.29. The van der Waals surface area contributed by atoms with Crippen LogP contribution in [0.1, 0.15) is 20.7 Å². The highest BCUT2D eigenvalue weighted by Gasteiger charge is 2.18. The zero-order valence-corrected chi connectivity index (χ0v) is 15.6. The Morgan fingerprint density at radius 1 is 0.967 bits per heavy atom. The second kappa shape index (κ2) is 7.80. The van der Waals surface area contributed by atoms with Gasteiger partial charge in [0.2, 0.25) is 0 Å². The van der Waals surface area contributed by atoms with Crippen LogP contribution in [0.4, 0.5) is 23.0 Å². The molecule has 4 aromatic rings. The fourth-order valence-electron chi connectivity index (χ4n) is 2.77. The summed E-state index contributed by atoms with van der Waals surface area (Å²) >= 11 is 0. The van der Waals surface area contributed by atoms with Gasteiger partial charge in [0.25, 0.3) is 11.8 Å². The predicted octanol–water partition coefficient (Wildman–Crippen LogP) is 2.53. The van der Waals surface area contributed by atoms with E-state index in [0.717, 1.165) is 5.69 Å². The summed E-state index contributed by atoms with van der Waals surface area (Å²) in [6, 6.07) is 15.2. The molecule has 10 nitrogen and oxygen atoms in total. The minimum Gasteiger partial charge on any atom is -0.397 e. The van der Waals surface area contributed by atoms with Crippen molar-refractivity contribution in [1.29, 1.82) is 0 Å². The molecule has 0 aliphatic carbocycles. The van der Waals surface area contributed by atoms with E-state index in [-0.39, 0.29) is 34.1 Å². The molecule has 0 unspecified atom stereocenters. The van der Waals surface area contributed by atoms with Gasteiger partial charge in [0, 0.05) is 11.6 Å². The SMILES string of the molecule is Nc1ccc(C(=O)Nc2ccon2)cc1NC(=O)c1cnn(-c2ccccc2)c1N. The first kappa shape index (κ1) is 18.7. The molecular weight excluding hydrogens is 386 g/mol. The number of hydrogen-bond acceptors (Lipinski definition) is 7. The van der Waals surface area contributed by atoms with Crippen LogP contribution in [0.3, 0.4) is 0 Å². The van der Waals surface area contributed by atoms with Crippen molar-refractivity contribution in [3.05, 3.63) is 78.2 Å². The van der Waals surface area contributed by atoms with Crippen LogP contribution in [-0.4, -0.2) is 26.8 Å². The van der Waals surface area contributed by atoms with E-state index in [0.29, 0.717) is 0 Å². The minimum atomic E-state index is -0.504. The smallest absolute Gasteiger partial charge is 0.261 e. The van der Waals surface area contributed by atoms with Gasteiger partial charge in [0.05, 0.1) is 23.3 Å². The quantitative estimate of drug-likeness (QED) is 0.373. The monoisotopic (exact) mass is 403 g/mol. The molecule has 0 aliphatic rings. The molecule has 6 N–H and O–H groups in total. The maximum absolute atomic E-state index is 12.7. The van der Waals surface area contributed by atoms with E-state index in [1.165, 1.54) is 41.4 Å². The van der Waals surface area contributed by atoms with Crippen LogP contribution in [0, 0.1) is 0 Å². The Morgan fingerprint density at radius 3 is 2.50 bits per heavy atom. The van der Waals surface area contributed by atoms with Crippen LogP contribution in [0.5, 0.6) is 0 Å². The number of nitrogen functional groups attached to an aromatic ring is 2. The number of aromatic nitrogens is 3. The van der Waals surface area contributed by atoms with Crippen molar-refractivity contribution in [2.75, 3.05) is 22.1 Å². The van der Waals surface area contributed by atoms with Crippen molar-refractivity contribution in [3.8, 4) is 5.69 Å². The summed E-state index contributed by atoms with van der Waals surface area (Å²) in [5, 5.41) is 13.0. The molecule has 0 bridgehead atoms. The second-order valence-electron chi connectivity index (χ2n) is 6.29. The number of benzene rings is 2. The molecule has 2 heterocycles. The van der Waals surface area contributed by atoms with Gasteiger partial charge in [-0.05, 0) is 30.3 Å². The maximum Gasteiger partial charge on any atom is 0.261 e. The van der Waals surface area contributed by atoms with Crippen LogP contribution >= 0.6 is 0 Å². The lowest BCUT2D eigenvalue weighted by Gasteiger charge is -2.10. The Labute approximate surface area is 170 Å². The molecule has 2 amide bonds. The highest BCUT2D eigenvalue weighted by molar-refractivity contribution is 6.10. The van der Waals surface area contributed by atoms with Crippen LogP contribution in [0.15, 0.2) is 71.6 Å². The highest BCUT2D eigenvalue weighted by Crippen LogP contribution is 2.23. The van der Waals surface area contributed by atoms with E-state index in [1.54, 1.807) is 0 Å². The van der Waals surface area contributed by atoms with E-state index in [1.807, 2.05) is 30.3 Å². The third kappa shape index (κ3) is 3.69. The lowest BCUT2D eigenvalue weighted by atomic mass is 10.1. The van der Waals surface area contributed by atoms with Crippen molar-refractivity contribution in [3.63, 3.8) is 0 Å². The molecule has 30 heavy (non-hydrogen) atoms. The summed E-state index contributed by atoms with van der Waals surface area (Å²) in [5.41, 5.74) is 13.8. The molecule has 0 spiro atoms. The van der Waals surface area contributed by atoms with E-state index >= 15 is 0 Å². The fourth-order valence-corrected chi connectivity index (χ4v) is 2.77. The molecule has 0 saturated heterocycles. The average molecular weight is 403 g/mol. The van der Waals surface area contributed by atoms with Gasteiger partial charge in [-0.3, -0.25) is 9.59 Å². The third-order valence-electron chi connectivity index (χ3n) is 4.29. The first-order chi connectivity index (χ1) is 14.5. The van der Waals surface area contributed by atoms with Gasteiger partial charge < -0.3 is 26.6 Å². The number of carbonyl (C=O) groups excluding carboxylic acids is 2. The van der Waals surface area contributed by atoms with Gasteiger partial charge in [0.15, 0.2) is 5.82 Å². The highest BCUT2D eigenvalue weighted by atomic mass is 16.5. The largest absolute Gasteiger partial charge is 0.397 e. The Morgan fingerprint density at radius 2 is 1.77 bits per heavy atom. The molecule has 0 radical (unpaired) electrons. The number of nitrogens with one attached hydrogen (secondary N) is 2. The number of nitrogens with two attached hydrogens (primary N) is 2. The van der Waals surface area contributed by atoms with E-state index in [4.69, 9.17) is 11.5 Å². The summed E-state index contributed by atoms with van der Waals surface area (Å²) < 4.78 is 6.14. The van der Waals surface area contributed by atoms with Gasteiger partial charge in [-0.25, -0.2) is 4.68 Å². The molecule has 10 heteroatoms. The molecule has 0 fully saturated rings. The Bertz CT molecular complexity index is 1200. The molecule has 4 rings (SSSR count). The standard InChI is InChI=1S/C20H17N7O3/c21-15-7-6-12(19(28)25-17-8-9-30-26-17)10-16(15)24-20(29)14-11-23-27(18(14)22)13-4-2-1-3-5-13/h1-11H,21-22H2,(H,24,29)(H,25,26,28). The Balaban J connectivity index is 1.55. The molecule has 0 atom stereocenters.